The maximum Gasteiger partial charge on any atom is 0.373 e. The van der Waals surface area contributed by atoms with Crippen LogP contribution in [0.5, 0.6) is 5.75 Å². The monoisotopic (exact) mass is 368 g/mol. The quantitative estimate of drug-likeness (QED) is 0.231. The predicted molar refractivity (Wildman–Crippen MR) is 107 cm³/mol. The molecule has 27 heavy (non-hydrogen) atoms. The van der Waals surface area contributed by atoms with Crippen molar-refractivity contribution >= 4 is 12.0 Å². The summed E-state index contributed by atoms with van der Waals surface area (Å²) in [7, 11) is 0. The molecule has 0 aromatic heterocycles. The van der Waals surface area contributed by atoms with E-state index in [9.17, 15) is 4.79 Å². The molecule has 0 radical (unpaired) electrons. The zero-order chi connectivity index (χ0) is 19.3. The lowest BCUT2D eigenvalue weighted by Gasteiger charge is -2.10. The fraction of sp³-hybridized carbons (Fsp3) is 0.348. The van der Waals surface area contributed by atoms with E-state index < -0.39 is 5.97 Å². The van der Waals surface area contributed by atoms with Gasteiger partial charge in [-0.3, -0.25) is 0 Å². The zero-order valence-electron chi connectivity index (χ0n) is 16.1. The summed E-state index contributed by atoms with van der Waals surface area (Å²) in [6.07, 6.45) is 4.39. The van der Waals surface area contributed by atoms with Crippen LogP contribution in [0.2, 0.25) is 0 Å². The van der Waals surface area contributed by atoms with Gasteiger partial charge in [-0.2, -0.15) is 0 Å². The first-order chi connectivity index (χ1) is 13.2. The number of unbranched alkanes of at least 4 members (excludes halogenated alkanes) is 1. The topological polar surface area (TPSA) is 44.8 Å². The van der Waals surface area contributed by atoms with Crippen LogP contribution >= 0.6 is 0 Å². The Balaban J connectivity index is 2.00. The van der Waals surface area contributed by atoms with Gasteiger partial charge < -0.3 is 14.2 Å². The Hall–Kier alpha value is -2.75. The molecule has 144 valence electrons. The lowest BCUT2D eigenvalue weighted by molar-refractivity contribution is -0.143. The maximum atomic E-state index is 12.2. The molecular formula is C23H28O4. The number of carbonyl (C=O) groups excluding carboxylic acids is 1. The number of esters is 1. The molecule has 0 fully saturated rings. The second kappa shape index (κ2) is 11.8. The van der Waals surface area contributed by atoms with Crippen LogP contribution < -0.4 is 4.74 Å². The predicted octanol–water partition coefficient (Wildman–Crippen LogP) is 5.38. The molecule has 0 unspecified atom stereocenters. The third kappa shape index (κ3) is 7.57. The summed E-state index contributed by atoms with van der Waals surface area (Å²) in [6.45, 7) is 5.45. The molecule has 4 nitrogen and oxygen atoms in total. The second-order valence-corrected chi connectivity index (χ2v) is 6.19. The van der Waals surface area contributed by atoms with Crippen LogP contribution in [0.15, 0.2) is 60.4 Å². The highest BCUT2D eigenvalue weighted by Gasteiger charge is 2.12. The average molecular weight is 368 g/mol. The summed E-state index contributed by atoms with van der Waals surface area (Å²) in [5, 5.41) is 0. The van der Waals surface area contributed by atoms with Crippen molar-refractivity contribution < 1.29 is 19.0 Å². The van der Waals surface area contributed by atoms with E-state index in [0.29, 0.717) is 19.8 Å². The molecule has 0 heterocycles. The van der Waals surface area contributed by atoms with Gasteiger partial charge >= 0.3 is 5.97 Å². The van der Waals surface area contributed by atoms with E-state index in [0.717, 1.165) is 36.1 Å². The van der Waals surface area contributed by atoms with Crippen LogP contribution in [0.3, 0.4) is 0 Å². The first-order valence-electron chi connectivity index (χ1n) is 9.51. The standard InChI is InChI=1S/C23H28O4/c1-3-5-16-25-22(23(24)26-15-4-2)17-19-11-13-21(14-12-19)27-18-20-9-7-6-8-10-20/h6-14,17H,3-5,15-16,18H2,1-2H3. The van der Waals surface area contributed by atoms with Gasteiger partial charge in [0.05, 0.1) is 13.2 Å². The van der Waals surface area contributed by atoms with Crippen molar-refractivity contribution in [2.75, 3.05) is 13.2 Å². The van der Waals surface area contributed by atoms with Crippen molar-refractivity contribution in [2.45, 2.75) is 39.7 Å². The van der Waals surface area contributed by atoms with Crippen molar-refractivity contribution in [3.8, 4) is 5.75 Å². The highest BCUT2D eigenvalue weighted by atomic mass is 16.6. The van der Waals surface area contributed by atoms with Gasteiger partial charge in [-0.1, -0.05) is 62.7 Å². The van der Waals surface area contributed by atoms with E-state index in [2.05, 4.69) is 6.92 Å². The lowest BCUT2D eigenvalue weighted by Crippen LogP contribution is -2.12. The van der Waals surface area contributed by atoms with Crippen LogP contribution in [0.4, 0.5) is 0 Å². The Morgan fingerprint density at radius 1 is 0.889 bits per heavy atom. The molecular weight excluding hydrogens is 340 g/mol. The molecule has 0 amide bonds. The van der Waals surface area contributed by atoms with Crippen LogP contribution in [0.1, 0.15) is 44.2 Å². The SMILES string of the molecule is CCCCOC(=Cc1ccc(OCc2ccccc2)cc1)C(=O)OCCC. The maximum absolute atomic E-state index is 12.2. The molecule has 0 N–H and O–H groups in total. The Kier molecular flexibility index (Phi) is 8.98. The molecule has 0 atom stereocenters. The molecule has 0 aliphatic carbocycles. The molecule has 0 saturated heterocycles. The minimum Gasteiger partial charge on any atom is -0.489 e. The zero-order valence-corrected chi connectivity index (χ0v) is 16.1. The van der Waals surface area contributed by atoms with E-state index in [1.165, 1.54) is 0 Å². The Morgan fingerprint density at radius 3 is 2.30 bits per heavy atom. The molecule has 0 aliphatic rings. The molecule has 0 saturated carbocycles. The van der Waals surface area contributed by atoms with E-state index in [1.807, 2.05) is 61.5 Å². The second-order valence-electron chi connectivity index (χ2n) is 6.19. The number of hydrogen-bond acceptors (Lipinski definition) is 4. The van der Waals surface area contributed by atoms with Gasteiger partial charge in [0.25, 0.3) is 0 Å². The third-order valence-corrected chi connectivity index (χ3v) is 3.82. The van der Waals surface area contributed by atoms with Crippen molar-refractivity contribution in [3.63, 3.8) is 0 Å². The van der Waals surface area contributed by atoms with Gasteiger partial charge in [0.2, 0.25) is 5.76 Å². The Morgan fingerprint density at radius 2 is 1.63 bits per heavy atom. The van der Waals surface area contributed by atoms with E-state index in [-0.39, 0.29) is 5.76 Å². The summed E-state index contributed by atoms with van der Waals surface area (Å²) < 4.78 is 16.6. The van der Waals surface area contributed by atoms with Crippen LogP contribution in [0, 0.1) is 0 Å². The molecule has 2 rings (SSSR count). The fourth-order valence-corrected chi connectivity index (χ4v) is 2.30. The van der Waals surface area contributed by atoms with Crippen molar-refractivity contribution in [1.29, 1.82) is 0 Å². The lowest BCUT2D eigenvalue weighted by atomic mass is 10.2. The number of carbonyl (C=O) groups is 1. The van der Waals surface area contributed by atoms with Crippen LogP contribution in [-0.2, 0) is 20.9 Å². The third-order valence-electron chi connectivity index (χ3n) is 3.82. The van der Waals surface area contributed by atoms with Gasteiger partial charge in [0.15, 0.2) is 0 Å². The number of rotatable bonds is 11. The van der Waals surface area contributed by atoms with Gasteiger partial charge in [0, 0.05) is 0 Å². The van der Waals surface area contributed by atoms with E-state index in [1.54, 1.807) is 6.08 Å². The summed E-state index contributed by atoms with van der Waals surface area (Å²) in [5.74, 6) is 0.602. The summed E-state index contributed by atoms with van der Waals surface area (Å²) in [6, 6.07) is 17.6. The first kappa shape index (κ1) is 20.6. The summed E-state index contributed by atoms with van der Waals surface area (Å²) in [5.41, 5.74) is 1.98. The van der Waals surface area contributed by atoms with Gasteiger partial charge in [-0.05, 0) is 42.2 Å². The smallest absolute Gasteiger partial charge is 0.373 e. The summed E-state index contributed by atoms with van der Waals surface area (Å²) >= 11 is 0. The van der Waals surface area contributed by atoms with Crippen molar-refractivity contribution in [1.82, 2.24) is 0 Å². The minimum absolute atomic E-state index is 0.245. The molecule has 0 bridgehead atoms. The molecule has 0 spiro atoms. The highest BCUT2D eigenvalue weighted by Crippen LogP contribution is 2.17. The Bertz CT molecular complexity index is 705. The van der Waals surface area contributed by atoms with Gasteiger partial charge in [-0.15, -0.1) is 0 Å². The minimum atomic E-state index is -0.419. The molecule has 2 aromatic rings. The Labute approximate surface area is 161 Å². The van der Waals surface area contributed by atoms with Crippen LogP contribution in [-0.4, -0.2) is 19.2 Å². The number of ether oxygens (including phenoxy) is 3. The molecule has 4 heteroatoms. The largest absolute Gasteiger partial charge is 0.489 e. The number of hydrogen-bond donors (Lipinski definition) is 0. The van der Waals surface area contributed by atoms with Gasteiger partial charge in [0.1, 0.15) is 12.4 Å². The van der Waals surface area contributed by atoms with Gasteiger partial charge in [-0.25, -0.2) is 4.79 Å². The highest BCUT2D eigenvalue weighted by molar-refractivity contribution is 5.91. The number of benzene rings is 2. The van der Waals surface area contributed by atoms with E-state index >= 15 is 0 Å². The van der Waals surface area contributed by atoms with Crippen molar-refractivity contribution in [3.05, 3.63) is 71.5 Å². The van der Waals surface area contributed by atoms with Crippen molar-refractivity contribution in [2.24, 2.45) is 0 Å². The normalized spacial score (nSPS) is 11.1. The van der Waals surface area contributed by atoms with Crippen LogP contribution in [0.25, 0.3) is 6.08 Å². The summed E-state index contributed by atoms with van der Waals surface area (Å²) in [4.78, 5) is 12.2. The molecule has 2 aromatic carbocycles. The average Bonchev–Trinajstić information content (AvgIpc) is 2.71. The molecule has 0 aliphatic heterocycles. The fourth-order valence-electron chi connectivity index (χ4n) is 2.30. The van der Waals surface area contributed by atoms with E-state index in [4.69, 9.17) is 14.2 Å². The first-order valence-corrected chi connectivity index (χ1v) is 9.51.